The van der Waals surface area contributed by atoms with Crippen molar-refractivity contribution in [2.45, 2.75) is 146 Å². The van der Waals surface area contributed by atoms with E-state index in [1.807, 2.05) is 4.90 Å². The maximum atomic E-state index is 11.7. The summed E-state index contributed by atoms with van der Waals surface area (Å²) in [5, 5.41) is 19.5. The normalized spacial score (nSPS) is 10.4. The number of esters is 2. The van der Waals surface area contributed by atoms with Crippen LogP contribution in [0.25, 0.3) is 0 Å². The van der Waals surface area contributed by atoms with Gasteiger partial charge in [-0.2, -0.15) is 0 Å². The van der Waals surface area contributed by atoms with Crippen molar-refractivity contribution in [2.24, 2.45) is 0 Å². The predicted molar refractivity (Wildman–Crippen MR) is 207 cm³/mol. The minimum atomic E-state index is -0.249. The molecule has 0 rings (SSSR count). The number of aliphatic hydroxyl groups is 2. The van der Waals surface area contributed by atoms with Gasteiger partial charge >= 0.3 is 155 Å². The van der Waals surface area contributed by atoms with Gasteiger partial charge in [0.1, 0.15) is 0 Å². The van der Waals surface area contributed by atoms with Gasteiger partial charge in [-0.3, -0.25) is 0 Å². The Morgan fingerprint density at radius 2 is 0.898 bits per heavy atom. The standard InChI is InChI=1S/C17H32N2O6Se2.2C11H20/c20-10-8-19(9-11-21)5-1-4-18(6-2-16(22)24-12-14-26)7-3-17(23)25-13-15-27;2*1-3-5-7-9-11-10-8-6-4-2/h20-21H,1-15H2;2*1H,4-11H2,2H3. The van der Waals surface area contributed by atoms with E-state index >= 15 is 0 Å². The summed E-state index contributed by atoms with van der Waals surface area (Å²) in [7, 11) is 0. The van der Waals surface area contributed by atoms with E-state index < -0.39 is 0 Å². The van der Waals surface area contributed by atoms with Crippen LogP contribution in [0.15, 0.2) is 0 Å². The molecular formula is C39H72N2O6Se2. The molecule has 0 saturated carbocycles. The van der Waals surface area contributed by atoms with E-state index in [1.165, 1.54) is 89.9 Å². The zero-order valence-corrected chi connectivity index (χ0v) is 34.7. The molecule has 0 aliphatic carbocycles. The Morgan fingerprint density at radius 3 is 1.22 bits per heavy atom. The van der Waals surface area contributed by atoms with Crippen LogP contribution in [-0.4, -0.2) is 130 Å². The second-order valence-electron chi connectivity index (χ2n) is 12.0. The molecule has 0 spiro atoms. The number of terminal acetylenes is 2. The van der Waals surface area contributed by atoms with E-state index in [0.29, 0.717) is 56.6 Å². The van der Waals surface area contributed by atoms with Crippen molar-refractivity contribution in [1.29, 1.82) is 0 Å². The number of hydrogen-bond acceptors (Lipinski definition) is 8. The Morgan fingerprint density at radius 1 is 0.551 bits per heavy atom. The molecule has 0 aliphatic heterocycles. The summed E-state index contributed by atoms with van der Waals surface area (Å²) in [6.45, 7) is 8.82. The first-order valence-electron chi connectivity index (χ1n) is 18.9. The quantitative estimate of drug-likeness (QED) is 0.0343. The second-order valence-corrected chi connectivity index (χ2v) is 13.7. The SMILES string of the molecule is C#CCCCCCCCCC.C#CCCCCCCCCC.O=C(CCN(CCCN(CCO)CCO)CCC(=O)OCC[Se])OCC[Se]. The zero-order chi connectivity index (χ0) is 37.1. The van der Waals surface area contributed by atoms with Crippen LogP contribution in [0.2, 0.25) is 10.6 Å². The molecule has 0 amide bonds. The Labute approximate surface area is 318 Å². The number of carbonyl (C=O) groups excluding carboxylic acids is 2. The van der Waals surface area contributed by atoms with Gasteiger partial charge in [0.25, 0.3) is 0 Å². The fraction of sp³-hybridized carbons (Fsp3) is 0.846. The maximum absolute atomic E-state index is 11.7. The van der Waals surface area contributed by atoms with Gasteiger partial charge in [0.05, 0.1) is 13.2 Å². The first kappa shape index (κ1) is 52.3. The Hall–Kier alpha value is -1.06. The molecule has 49 heavy (non-hydrogen) atoms. The summed E-state index contributed by atoms with van der Waals surface area (Å²) in [6.07, 6.45) is 32.5. The van der Waals surface area contributed by atoms with Gasteiger partial charge in [-0.05, 0) is 12.8 Å². The van der Waals surface area contributed by atoms with E-state index in [2.05, 4.69) is 62.6 Å². The van der Waals surface area contributed by atoms with Gasteiger partial charge in [-0.25, -0.2) is 0 Å². The molecule has 286 valence electrons. The number of ether oxygens (including phenoxy) is 2. The molecule has 0 unspecified atom stereocenters. The van der Waals surface area contributed by atoms with E-state index in [4.69, 9.17) is 32.5 Å². The molecule has 2 N–H and O–H groups in total. The summed E-state index contributed by atoms with van der Waals surface area (Å²) in [6, 6.07) is 0. The topological polar surface area (TPSA) is 99.5 Å². The van der Waals surface area contributed by atoms with Crippen LogP contribution in [0.4, 0.5) is 0 Å². The second kappa shape index (κ2) is 46.9. The minimum absolute atomic E-state index is 0.0467. The number of rotatable bonds is 32. The van der Waals surface area contributed by atoms with E-state index in [1.54, 1.807) is 0 Å². The molecule has 8 nitrogen and oxygen atoms in total. The Kier molecular flexibility index (Phi) is 50.1. The van der Waals surface area contributed by atoms with Crippen molar-refractivity contribution in [1.82, 2.24) is 9.80 Å². The third kappa shape index (κ3) is 46.9. The molecule has 0 aliphatic rings. The van der Waals surface area contributed by atoms with Crippen molar-refractivity contribution >= 4 is 44.0 Å². The van der Waals surface area contributed by atoms with Crippen LogP contribution in [0.1, 0.15) is 136 Å². The van der Waals surface area contributed by atoms with Gasteiger partial charge in [0.15, 0.2) is 0 Å². The van der Waals surface area contributed by atoms with Gasteiger partial charge in [-0.1, -0.05) is 90.9 Å². The molecule has 10 heteroatoms. The van der Waals surface area contributed by atoms with Crippen LogP contribution in [0.5, 0.6) is 0 Å². The fourth-order valence-corrected chi connectivity index (χ4v) is 5.14. The van der Waals surface area contributed by atoms with Gasteiger partial charge in [0.2, 0.25) is 0 Å². The summed E-state index contributed by atoms with van der Waals surface area (Å²) in [5.74, 6) is 4.84. The molecule has 0 saturated heterocycles. The number of hydrogen-bond donors (Lipinski definition) is 2. The summed E-state index contributed by atoms with van der Waals surface area (Å²) in [5.41, 5.74) is 0. The molecule has 0 aromatic carbocycles. The van der Waals surface area contributed by atoms with Gasteiger partial charge in [-0.15, -0.1) is 24.7 Å². The number of unbranched alkanes of at least 4 members (excludes halogenated alkanes) is 14. The van der Waals surface area contributed by atoms with Crippen LogP contribution in [-0.2, 0) is 19.1 Å². The summed E-state index contributed by atoms with van der Waals surface area (Å²) in [4.78, 5) is 27.5. The van der Waals surface area contributed by atoms with E-state index in [-0.39, 0.29) is 38.0 Å². The summed E-state index contributed by atoms with van der Waals surface area (Å²) >= 11 is 5.58. The van der Waals surface area contributed by atoms with Crippen LogP contribution < -0.4 is 0 Å². The monoisotopic (exact) mass is 824 g/mol. The van der Waals surface area contributed by atoms with Crippen molar-refractivity contribution in [3.05, 3.63) is 0 Å². The number of aliphatic hydroxyl groups excluding tert-OH is 2. The van der Waals surface area contributed by atoms with E-state index in [9.17, 15) is 9.59 Å². The first-order valence-corrected chi connectivity index (χ1v) is 21.3. The van der Waals surface area contributed by atoms with Crippen LogP contribution >= 0.6 is 0 Å². The molecule has 2 radical (unpaired) electrons. The third-order valence-corrected chi connectivity index (χ3v) is 8.29. The Balaban J connectivity index is -0.000000786. The molecule has 0 aromatic rings. The van der Waals surface area contributed by atoms with Crippen LogP contribution in [0.3, 0.4) is 0 Å². The van der Waals surface area contributed by atoms with Gasteiger partial charge in [0, 0.05) is 12.8 Å². The van der Waals surface area contributed by atoms with E-state index in [0.717, 1.165) is 25.8 Å². The molecular weight excluding hydrogens is 750 g/mol. The zero-order valence-electron chi connectivity index (χ0n) is 31.3. The van der Waals surface area contributed by atoms with Crippen LogP contribution in [0, 0.1) is 24.7 Å². The number of carbonyl (C=O) groups is 2. The summed E-state index contributed by atoms with van der Waals surface area (Å²) < 4.78 is 10.1. The molecule has 0 aromatic heterocycles. The number of nitrogens with zero attached hydrogens (tertiary/aromatic N) is 2. The third-order valence-electron chi connectivity index (χ3n) is 7.59. The average Bonchev–Trinajstić information content (AvgIpc) is 3.10. The Bertz CT molecular complexity index is 718. The fourth-order valence-electron chi connectivity index (χ4n) is 4.79. The first-order chi connectivity index (χ1) is 23.9. The molecule has 0 heterocycles. The molecule has 0 atom stereocenters. The molecule has 0 bridgehead atoms. The predicted octanol–water partition coefficient (Wildman–Crippen LogP) is 6.53. The molecule has 0 fully saturated rings. The van der Waals surface area contributed by atoms with Crippen molar-refractivity contribution in [2.75, 3.05) is 65.7 Å². The van der Waals surface area contributed by atoms with Gasteiger partial charge < -0.3 is 10.2 Å². The van der Waals surface area contributed by atoms with Crippen molar-refractivity contribution < 1.29 is 29.3 Å². The average molecular weight is 823 g/mol. The van der Waals surface area contributed by atoms with Crippen molar-refractivity contribution in [3.8, 4) is 24.7 Å². The van der Waals surface area contributed by atoms with Crippen molar-refractivity contribution in [3.63, 3.8) is 0 Å².